The SMILES string of the molecule is CCNC(c1ccc(CCOC)cc1)c1cc(Br)c(Br)s1. The Kier molecular flexibility index (Phi) is 6.89. The van der Waals surface area contributed by atoms with Crippen LogP contribution in [0.1, 0.15) is 29.0 Å². The number of hydrogen-bond donors (Lipinski definition) is 1. The Balaban J connectivity index is 2.21. The van der Waals surface area contributed by atoms with E-state index in [0.717, 1.165) is 27.8 Å². The van der Waals surface area contributed by atoms with Crippen molar-refractivity contribution in [1.29, 1.82) is 0 Å². The summed E-state index contributed by atoms with van der Waals surface area (Å²) in [7, 11) is 1.74. The molecule has 0 saturated carbocycles. The molecule has 1 aromatic carbocycles. The van der Waals surface area contributed by atoms with Crippen LogP contribution in [0.2, 0.25) is 0 Å². The van der Waals surface area contributed by atoms with Crippen molar-refractivity contribution in [2.75, 3.05) is 20.3 Å². The summed E-state index contributed by atoms with van der Waals surface area (Å²) in [6.07, 6.45) is 0.957. The summed E-state index contributed by atoms with van der Waals surface area (Å²) in [4.78, 5) is 1.31. The van der Waals surface area contributed by atoms with Gasteiger partial charge in [-0.3, -0.25) is 0 Å². The number of thiophene rings is 1. The summed E-state index contributed by atoms with van der Waals surface area (Å²) in [6.45, 7) is 3.84. The molecular formula is C16H19Br2NOS. The fourth-order valence-corrected chi connectivity index (χ4v) is 4.38. The van der Waals surface area contributed by atoms with E-state index in [4.69, 9.17) is 4.74 Å². The van der Waals surface area contributed by atoms with E-state index in [1.54, 1.807) is 18.4 Å². The maximum Gasteiger partial charge on any atom is 0.0843 e. The predicted octanol–water partition coefficient (Wildman–Crippen LogP) is 5.16. The van der Waals surface area contributed by atoms with Crippen LogP contribution in [0.3, 0.4) is 0 Å². The van der Waals surface area contributed by atoms with Crippen LogP contribution in [0, 0.1) is 0 Å². The van der Waals surface area contributed by atoms with Crippen molar-refractivity contribution in [3.8, 4) is 0 Å². The molecule has 0 saturated heterocycles. The smallest absolute Gasteiger partial charge is 0.0843 e. The summed E-state index contributed by atoms with van der Waals surface area (Å²) < 4.78 is 7.38. The first-order valence-electron chi connectivity index (χ1n) is 6.91. The zero-order valence-electron chi connectivity index (χ0n) is 12.2. The molecular weight excluding hydrogens is 414 g/mol. The molecule has 5 heteroatoms. The van der Waals surface area contributed by atoms with Gasteiger partial charge in [-0.1, -0.05) is 31.2 Å². The van der Waals surface area contributed by atoms with Crippen molar-refractivity contribution in [1.82, 2.24) is 5.32 Å². The third-order valence-corrected chi connectivity index (χ3v) is 6.59. The molecule has 0 aliphatic rings. The van der Waals surface area contributed by atoms with Crippen molar-refractivity contribution in [2.45, 2.75) is 19.4 Å². The lowest BCUT2D eigenvalue weighted by Crippen LogP contribution is -2.21. The van der Waals surface area contributed by atoms with Crippen LogP contribution in [0.5, 0.6) is 0 Å². The molecule has 114 valence electrons. The summed E-state index contributed by atoms with van der Waals surface area (Å²) in [5.41, 5.74) is 2.60. The minimum absolute atomic E-state index is 0.235. The predicted molar refractivity (Wildman–Crippen MR) is 97.3 cm³/mol. The first-order valence-corrected chi connectivity index (χ1v) is 9.31. The monoisotopic (exact) mass is 431 g/mol. The minimum Gasteiger partial charge on any atom is -0.384 e. The van der Waals surface area contributed by atoms with E-state index < -0.39 is 0 Å². The number of benzene rings is 1. The maximum atomic E-state index is 5.13. The van der Waals surface area contributed by atoms with Gasteiger partial charge in [0.05, 0.1) is 16.4 Å². The van der Waals surface area contributed by atoms with Crippen LogP contribution in [-0.4, -0.2) is 20.3 Å². The normalized spacial score (nSPS) is 12.6. The zero-order valence-corrected chi connectivity index (χ0v) is 16.1. The highest BCUT2D eigenvalue weighted by Crippen LogP contribution is 2.37. The molecule has 21 heavy (non-hydrogen) atoms. The summed E-state index contributed by atoms with van der Waals surface area (Å²) >= 11 is 8.91. The Hall–Kier alpha value is -0.200. The molecule has 0 fully saturated rings. The highest BCUT2D eigenvalue weighted by molar-refractivity contribution is 9.13. The third kappa shape index (κ3) is 4.63. The Labute approximate surface area is 147 Å². The van der Waals surface area contributed by atoms with Crippen LogP contribution in [0.25, 0.3) is 0 Å². The summed E-state index contributed by atoms with van der Waals surface area (Å²) in [5.74, 6) is 0. The molecule has 0 radical (unpaired) electrons. The molecule has 0 aliphatic carbocycles. The molecule has 1 N–H and O–H groups in total. The number of halogens is 2. The van der Waals surface area contributed by atoms with Crippen LogP contribution in [0.15, 0.2) is 38.6 Å². The van der Waals surface area contributed by atoms with Crippen LogP contribution >= 0.6 is 43.2 Å². The molecule has 2 nitrogen and oxygen atoms in total. The van der Waals surface area contributed by atoms with E-state index in [1.165, 1.54) is 16.0 Å². The summed E-state index contributed by atoms with van der Waals surface area (Å²) in [6, 6.07) is 11.2. The third-order valence-electron chi connectivity index (χ3n) is 3.26. The average Bonchev–Trinajstić information content (AvgIpc) is 2.82. The van der Waals surface area contributed by atoms with Crippen molar-refractivity contribution in [3.05, 3.63) is 54.6 Å². The highest BCUT2D eigenvalue weighted by atomic mass is 79.9. The van der Waals surface area contributed by atoms with Crippen molar-refractivity contribution in [3.63, 3.8) is 0 Å². The lowest BCUT2D eigenvalue weighted by Gasteiger charge is -2.17. The van der Waals surface area contributed by atoms with Gasteiger partial charge in [0.25, 0.3) is 0 Å². The average molecular weight is 433 g/mol. The minimum atomic E-state index is 0.235. The Morgan fingerprint density at radius 2 is 1.95 bits per heavy atom. The van der Waals surface area contributed by atoms with E-state index in [9.17, 15) is 0 Å². The summed E-state index contributed by atoms with van der Waals surface area (Å²) in [5, 5.41) is 3.56. The number of rotatable bonds is 7. The number of hydrogen-bond acceptors (Lipinski definition) is 3. The lowest BCUT2D eigenvalue weighted by molar-refractivity contribution is 0.202. The first kappa shape index (κ1) is 17.2. The quantitative estimate of drug-likeness (QED) is 0.652. The van der Waals surface area contributed by atoms with E-state index >= 15 is 0 Å². The van der Waals surface area contributed by atoms with Gasteiger partial charge in [-0.05, 0) is 62.0 Å². The van der Waals surface area contributed by atoms with Gasteiger partial charge < -0.3 is 10.1 Å². The second kappa shape index (κ2) is 8.44. The molecule has 1 unspecified atom stereocenters. The molecule has 0 spiro atoms. The molecule has 2 aromatic rings. The molecule has 1 aromatic heterocycles. The Morgan fingerprint density at radius 1 is 1.24 bits per heavy atom. The van der Waals surface area contributed by atoms with Gasteiger partial charge in [0.15, 0.2) is 0 Å². The van der Waals surface area contributed by atoms with Crippen molar-refractivity contribution in [2.24, 2.45) is 0 Å². The number of methoxy groups -OCH3 is 1. The fraction of sp³-hybridized carbons (Fsp3) is 0.375. The maximum absolute atomic E-state index is 5.13. The van der Waals surface area contributed by atoms with Gasteiger partial charge in [0.2, 0.25) is 0 Å². The van der Waals surface area contributed by atoms with Crippen LogP contribution in [0.4, 0.5) is 0 Å². The zero-order chi connectivity index (χ0) is 15.2. The van der Waals surface area contributed by atoms with E-state index in [2.05, 4.69) is 74.4 Å². The largest absolute Gasteiger partial charge is 0.384 e. The topological polar surface area (TPSA) is 21.3 Å². The Morgan fingerprint density at radius 3 is 2.48 bits per heavy atom. The molecule has 0 amide bonds. The molecule has 0 aliphatic heterocycles. The van der Waals surface area contributed by atoms with Gasteiger partial charge >= 0.3 is 0 Å². The fourth-order valence-electron chi connectivity index (χ4n) is 2.19. The molecule has 0 bridgehead atoms. The molecule has 2 rings (SSSR count). The standard InChI is InChI=1S/C16H19Br2NOS/c1-3-19-15(14-10-13(17)16(18)21-14)12-6-4-11(5-7-12)8-9-20-2/h4-7,10,15,19H,3,8-9H2,1-2H3. The number of nitrogens with one attached hydrogen (secondary N) is 1. The van der Waals surface area contributed by atoms with Gasteiger partial charge in [-0.25, -0.2) is 0 Å². The van der Waals surface area contributed by atoms with Crippen molar-refractivity contribution < 1.29 is 4.74 Å². The van der Waals surface area contributed by atoms with E-state index in [-0.39, 0.29) is 6.04 Å². The second-order valence-corrected chi connectivity index (χ2v) is 8.00. The van der Waals surface area contributed by atoms with E-state index in [1.807, 2.05) is 0 Å². The second-order valence-electron chi connectivity index (χ2n) is 4.75. The van der Waals surface area contributed by atoms with Gasteiger partial charge in [-0.2, -0.15) is 0 Å². The van der Waals surface area contributed by atoms with Crippen LogP contribution in [-0.2, 0) is 11.2 Å². The molecule has 1 atom stereocenters. The van der Waals surface area contributed by atoms with Gasteiger partial charge in [-0.15, -0.1) is 11.3 Å². The number of ether oxygens (including phenoxy) is 1. The van der Waals surface area contributed by atoms with Gasteiger partial charge in [0, 0.05) is 16.5 Å². The van der Waals surface area contributed by atoms with Crippen LogP contribution < -0.4 is 5.32 Å². The van der Waals surface area contributed by atoms with Crippen molar-refractivity contribution >= 4 is 43.2 Å². The Bertz CT molecular complexity index is 549. The lowest BCUT2D eigenvalue weighted by atomic mass is 10.0. The first-order chi connectivity index (χ1) is 10.2. The molecule has 1 heterocycles. The van der Waals surface area contributed by atoms with E-state index in [0.29, 0.717) is 0 Å². The van der Waals surface area contributed by atoms with Gasteiger partial charge in [0.1, 0.15) is 0 Å². The highest BCUT2D eigenvalue weighted by Gasteiger charge is 2.17.